The number of benzene rings is 1. The minimum atomic E-state index is -0.564. The number of nitrogens with one attached hydrogen (secondary N) is 2. The molecule has 200 valence electrons. The Kier molecular flexibility index (Phi) is 7.56. The van der Waals surface area contributed by atoms with Gasteiger partial charge in [0.15, 0.2) is 0 Å². The summed E-state index contributed by atoms with van der Waals surface area (Å²) >= 11 is 3.56. The second-order valence-electron chi connectivity index (χ2n) is 11.2. The molecular formula is C30H36N4O2S2. The maximum Gasteiger partial charge on any atom is 0.251 e. The number of thiophene rings is 2. The van der Waals surface area contributed by atoms with Crippen LogP contribution in [0.4, 0.5) is 0 Å². The number of hydrogen-bond donors (Lipinski definition) is 2. The van der Waals surface area contributed by atoms with Gasteiger partial charge < -0.3 is 20.3 Å². The molecular weight excluding hydrogens is 512 g/mol. The van der Waals surface area contributed by atoms with E-state index in [0.717, 1.165) is 24.3 Å². The number of ether oxygens (including phenoxy) is 1. The van der Waals surface area contributed by atoms with E-state index in [2.05, 4.69) is 59.0 Å². The fraction of sp³-hybridized carbons (Fsp3) is 0.533. The number of nitriles is 1. The number of piperidine rings is 1. The summed E-state index contributed by atoms with van der Waals surface area (Å²) in [4.78, 5) is 17.6. The molecule has 38 heavy (non-hydrogen) atoms. The van der Waals surface area contributed by atoms with E-state index in [4.69, 9.17) is 4.74 Å². The van der Waals surface area contributed by atoms with Crippen LogP contribution in [0.1, 0.15) is 48.1 Å². The summed E-state index contributed by atoms with van der Waals surface area (Å²) in [6.45, 7) is 4.35. The summed E-state index contributed by atoms with van der Waals surface area (Å²) in [6.07, 6.45) is 7.01. The van der Waals surface area contributed by atoms with Crippen molar-refractivity contribution in [2.75, 3.05) is 39.8 Å². The Labute approximate surface area is 233 Å². The fourth-order valence-electron chi connectivity index (χ4n) is 6.28. The van der Waals surface area contributed by atoms with Gasteiger partial charge in [-0.2, -0.15) is 5.26 Å². The fourth-order valence-corrected chi connectivity index (χ4v) is 8.74. The van der Waals surface area contributed by atoms with Crippen molar-refractivity contribution < 1.29 is 9.53 Å². The van der Waals surface area contributed by atoms with Gasteiger partial charge in [0.2, 0.25) is 0 Å². The molecule has 0 radical (unpaired) electrons. The zero-order chi connectivity index (χ0) is 26.1. The van der Waals surface area contributed by atoms with Crippen molar-refractivity contribution in [3.8, 4) is 16.5 Å². The lowest BCUT2D eigenvalue weighted by atomic mass is 9.73. The highest BCUT2D eigenvalue weighted by Gasteiger charge is 2.40. The van der Waals surface area contributed by atoms with Gasteiger partial charge in [0.05, 0.1) is 6.07 Å². The van der Waals surface area contributed by atoms with Gasteiger partial charge in [-0.05, 0) is 106 Å². The second kappa shape index (κ2) is 11.1. The molecule has 3 aromatic rings. The molecule has 6 nitrogen and oxygen atoms in total. The maximum atomic E-state index is 12.7. The normalized spacial score (nSPS) is 22.5. The van der Waals surface area contributed by atoms with Crippen LogP contribution in [0.2, 0.25) is 0 Å². The molecule has 2 fully saturated rings. The number of nitrogens with zero attached hydrogens (tertiary/aromatic N) is 2. The Balaban J connectivity index is 1.14. The number of fused-ring (bicyclic) bond motifs is 3. The summed E-state index contributed by atoms with van der Waals surface area (Å²) in [5.74, 6) is -0.203. The van der Waals surface area contributed by atoms with E-state index in [1.807, 2.05) is 11.3 Å². The van der Waals surface area contributed by atoms with E-state index in [-0.39, 0.29) is 5.91 Å². The van der Waals surface area contributed by atoms with Crippen LogP contribution in [0.15, 0.2) is 30.3 Å². The first-order chi connectivity index (χ1) is 18.5. The van der Waals surface area contributed by atoms with Crippen molar-refractivity contribution in [1.82, 2.24) is 15.5 Å². The van der Waals surface area contributed by atoms with Crippen molar-refractivity contribution in [2.24, 2.45) is 0 Å². The third-order valence-electron chi connectivity index (χ3n) is 8.61. The Morgan fingerprint density at radius 1 is 1.21 bits per heavy atom. The summed E-state index contributed by atoms with van der Waals surface area (Å²) < 4.78 is 8.23. The largest absolute Gasteiger partial charge is 0.367 e. The number of likely N-dealkylation sites (tertiary alicyclic amines) is 1. The van der Waals surface area contributed by atoms with E-state index in [1.54, 1.807) is 22.5 Å². The predicted octanol–water partition coefficient (Wildman–Crippen LogP) is 4.86. The Morgan fingerprint density at radius 3 is 2.87 bits per heavy atom. The molecule has 2 aliphatic heterocycles. The average molecular weight is 549 g/mol. The standard InChI is InChI=1S/C30H36N4O2S2/c1-34-11-8-30(9-12-34)7-6-20-4-5-21(14-24(20)30)26-17-28-27(38-26)16-23(37-28)15-22(18-31)33-29(35)25-19-32-10-2-3-13-36-25/h4-5,14,16-17,22,25,32H,2-3,6-13,15,19H2,1H3,(H,33,35). The van der Waals surface area contributed by atoms with Gasteiger partial charge in [0.1, 0.15) is 12.1 Å². The van der Waals surface area contributed by atoms with Crippen molar-refractivity contribution in [3.05, 3.63) is 46.3 Å². The SMILES string of the molecule is CN1CCC2(CCc3ccc(-c4cc5sc(CC(C#N)NC(=O)C6CNCCCCO6)cc5s4)cc32)CC1. The quantitative estimate of drug-likeness (QED) is 0.476. The van der Waals surface area contributed by atoms with Crippen LogP contribution >= 0.6 is 22.7 Å². The number of carbonyl (C=O) groups excluding carboxylic acids is 1. The lowest BCUT2D eigenvalue weighted by Crippen LogP contribution is -2.47. The van der Waals surface area contributed by atoms with Crippen molar-refractivity contribution in [3.63, 3.8) is 0 Å². The molecule has 1 aromatic carbocycles. The highest BCUT2D eigenvalue weighted by atomic mass is 32.1. The third kappa shape index (κ3) is 5.28. The van der Waals surface area contributed by atoms with Gasteiger partial charge in [-0.3, -0.25) is 4.79 Å². The third-order valence-corrected chi connectivity index (χ3v) is 11.0. The predicted molar refractivity (Wildman–Crippen MR) is 155 cm³/mol. The van der Waals surface area contributed by atoms with Crippen molar-refractivity contribution in [2.45, 2.75) is 62.5 Å². The van der Waals surface area contributed by atoms with E-state index in [1.165, 1.54) is 58.6 Å². The zero-order valence-electron chi connectivity index (χ0n) is 22.1. The van der Waals surface area contributed by atoms with Gasteiger partial charge >= 0.3 is 0 Å². The maximum absolute atomic E-state index is 12.7. The summed E-state index contributed by atoms with van der Waals surface area (Å²) in [6, 6.07) is 13.4. The van der Waals surface area contributed by atoms with Crippen LogP contribution in [0.5, 0.6) is 0 Å². The van der Waals surface area contributed by atoms with Gasteiger partial charge in [-0.15, -0.1) is 22.7 Å². The highest BCUT2D eigenvalue weighted by Crippen LogP contribution is 2.48. The topological polar surface area (TPSA) is 77.4 Å². The lowest BCUT2D eigenvalue weighted by Gasteiger charge is -2.38. The molecule has 1 amide bonds. The molecule has 0 saturated carbocycles. The molecule has 2 N–H and O–H groups in total. The van der Waals surface area contributed by atoms with E-state index in [0.29, 0.717) is 25.0 Å². The first kappa shape index (κ1) is 26.0. The molecule has 2 saturated heterocycles. The van der Waals surface area contributed by atoms with E-state index < -0.39 is 12.1 Å². The van der Waals surface area contributed by atoms with Crippen LogP contribution in [-0.4, -0.2) is 62.8 Å². The number of hydrogen-bond acceptors (Lipinski definition) is 7. The molecule has 2 unspecified atom stereocenters. The molecule has 2 aromatic heterocycles. The second-order valence-corrected chi connectivity index (χ2v) is 13.4. The highest BCUT2D eigenvalue weighted by molar-refractivity contribution is 7.29. The molecule has 8 heteroatoms. The number of aryl methyl sites for hydroxylation is 1. The molecule has 1 spiro atoms. The number of rotatable bonds is 5. The molecule has 4 heterocycles. The monoisotopic (exact) mass is 548 g/mol. The molecule has 2 atom stereocenters. The molecule has 0 bridgehead atoms. The van der Waals surface area contributed by atoms with Crippen molar-refractivity contribution >= 4 is 38.0 Å². The Bertz CT molecular complexity index is 1310. The van der Waals surface area contributed by atoms with E-state index >= 15 is 0 Å². The Hall–Kier alpha value is -2.28. The number of carbonyl (C=O) groups is 1. The molecule has 6 rings (SSSR count). The summed E-state index contributed by atoms with van der Waals surface area (Å²) in [5.41, 5.74) is 4.84. The zero-order valence-corrected chi connectivity index (χ0v) is 23.7. The lowest BCUT2D eigenvalue weighted by molar-refractivity contribution is -0.133. The van der Waals surface area contributed by atoms with Crippen LogP contribution in [0.25, 0.3) is 19.8 Å². The molecule has 1 aliphatic carbocycles. The summed E-state index contributed by atoms with van der Waals surface area (Å²) in [7, 11) is 2.24. The van der Waals surface area contributed by atoms with Crippen molar-refractivity contribution in [1.29, 1.82) is 5.26 Å². The van der Waals surface area contributed by atoms with Gasteiger partial charge in [-0.25, -0.2) is 0 Å². The van der Waals surface area contributed by atoms with Crippen LogP contribution < -0.4 is 10.6 Å². The number of amides is 1. The first-order valence-corrected chi connectivity index (χ1v) is 15.5. The average Bonchev–Trinajstić information content (AvgIpc) is 3.57. The van der Waals surface area contributed by atoms with Crippen LogP contribution in [0.3, 0.4) is 0 Å². The van der Waals surface area contributed by atoms with Gasteiger partial charge in [0.25, 0.3) is 5.91 Å². The first-order valence-electron chi connectivity index (χ1n) is 13.9. The van der Waals surface area contributed by atoms with Crippen LogP contribution in [0, 0.1) is 11.3 Å². The smallest absolute Gasteiger partial charge is 0.251 e. The minimum absolute atomic E-state index is 0.203. The van der Waals surface area contributed by atoms with Gasteiger partial charge in [-0.1, -0.05) is 12.1 Å². The minimum Gasteiger partial charge on any atom is -0.367 e. The molecule has 3 aliphatic rings. The summed E-state index contributed by atoms with van der Waals surface area (Å²) in [5, 5.41) is 15.9. The van der Waals surface area contributed by atoms with Gasteiger partial charge in [0, 0.05) is 38.7 Å². The Morgan fingerprint density at radius 2 is 2.05 bits per heavy atom. The van der Waals surface area contributed by atoms with Crippen LogP contribution in [-0.2, 0) is 27.8 Å². The van der Waals surface area contributed by atoms with E-state index in [9.17, 15) is 10.1 Å².